The lowest BCUT2D eigenvalue weighted by atomic mass is 10.1. The van der Waals surface area contributed by atoms with Crippen molar-refractivity contribution in [1.29, 1.82) is 0 Å². The van der Waals surface area contributed by atoms with Gasteiger partial charge in [0.1, 0.15) is 33.5 Å². The van der Waals surface area contributed by atoms with Gasteiger partial charge in [-0.3, -0.25) is 14.2 Å². The number of thiophene rings is 1. The number of aromatic nitrogens is 4. The van der Waals surface area contributed by atoms with Crippen LogP contribution in [0.25, 0.3) is 15.2 Å². The number of rotatable bonds is 10. The Kier molecular flexibility index (Phi) is 7.64. The lowest BCUT2D eigenvalue weighted by molar-refractivity contribution is -0.122. The molecule has 1 N–H and O–H groups in total. The second-order valence-corrected chi connectivity index (χ2v) is 10.0. The number of carbonyl (C=O) groups is 1. The number of ether oxygens (including phenoxy) is 3. The van der Waals surface area contributed by atoms with Gasteiger partial charge in [-0.15, -0.1) is 0 Å². The van der Waals surface area contributed by atoms with Gasteiger partial charge in [-0.05, 0) is 37.6 Å². The lowest BCUT2D eigenvalue weighted by Gasteiger charge is -2.23. The molecular weight excluding hydrogens is 529 g/mol. The van der Waals surface area contributed by atoms with Gasteiger partial charge in [0, 0.05) is 37.2 Å². The smallest absolute Gasteiger partial charge is 0.332 e. The Labute approximate surface area is 226 Å². The van der Waals surface area contributed by atoms with E-state index in [0.717, 1.165) is 4.57 Å². The predicted octanol–water partition coefficient (Wildman–Crippen LogP) is 2.33. The van der Waals surface area contributed by atoms with Crippen LogP contribution in [0.5, 0.6) is 5.75 Å². The molecule has 1 aliphatic heterocycles. The van der Waals surface area contributed by atoms with Crippen LogP contribution in [0.3, 0.4) is 0 Å². The van der Waals surface area contributed by atoms with Crippen LogP contribution in [0.4, 0.5) is 4.39 Å². The Hall–Kier alpha value is -3.81. The summed E-state index contributed by atoms with van der Waals surface area (Å²) in [4.78, 5) is 40.8. The van der Waals surface area contributed by atoms with Crippen molar-refractivity contribution < 1.29 is 23.4 Å². The first-order valence-corrected chi connectivity index (χ1v) is 13.2. The molecular formula is C26H28FN5O6S. The van der Waals surface area contributed by atoms with E-state index in [1.807, 2.05) is 0 Å². The summed E-state index contributed by atoms with van der Waals surface area (Å²) >= 11 is 1.23. The fourth-order valence-corrected chi connectivity index (χ4v) is 6.11. The van der Waals surface area contributed by atoms with Crippen LogP contribution in [0.1, 0.15) is 29.7 Å². The average Bonchev–Trinajstić information content (AvgIpc) is 3.67. The van der Waals surface area contributed by atoms with E-state index >= 15 is 0 Å². The highest BCUT2D eigenvalue weighted by molar-refractivity contribution is 7.21. The van der Waals surface area contributed by atoms with Crippen LogP contribution < -0.4 is 21.3 Å². The van der Waals surface area contributed by atoms with Crippen molar-refractivity contribution in [1.82, 2.24) is 24.2 Å². The zero-order valence-electron chi connectivity index (χ0n) is 21.7. The fraction of sp³-hybridized carbons (Fsp3) is 0.385. The third kappa shape index (κ3) is 4.88. The summed E-state index contributed by atoms with van der Waals surface area (Å²) in [6.45, 7) is 2.49. The van der Waals surface area contributed by atoms with Gasteiger partial charge in [0.05, 0.1) is 32.3 Å². The van der Waals surface area contributed by atoms with Crippen molar-refractivity contribution >= 4 is 27.5 Å². The van der Waals surface area contributed by atoms with Gasteiger partial charge in [0.2, 0.25) is 5.91 Å². The fourth-order valence-electron chi connectivity index (χ4n) is 4.86. The summed E-state index contributed by atoms with van der Waals surface area (Å²) in [5, 5.41) is 7.97. The normalized spacial score (nSPS) is 16.1. The number of methoxy groups -OCH3 is 2. The molecule has 0 saturated carbocycles. The molecule has 1 aliphatic rings. The van der Waals surface area contributed by atoms with Crippen LogP contribution in [0.15, 0.2) is 46.2 Å². The molecule has 39 heavy (non-hydrogen) atoms. The molecule has 2 atom stereocenters. The average molecular weight is 558 g/mol. The van der Waals surface area contributed by atoms with Crippen LogP contribution in [0.2, 0.25) is 0 Å². The zero-order valence-corrected chi connectivity index (χ0v) is 22.5. The minimum absolute atomic E-state index is 0.0774. The molecule has 0 radical (unpaired) electrons. The van der Waals surface area contributed by atoms with Crippen molar-refractivity contribution in [2.24, 2.45) is 0 Å². The molecule has 0 bridgehead atoms. The van der Waals surface area contributed by atoms with E-state index < -0.39 is 29.2 Å². The SMILES string of the molecule is COCCOC(Cn1c(=O)n([C@H]2CCNC2=O)c(=O)c2c(C)c(-n3cccn3)sc21)c1cc(F)ccc1OC. The lowest BCUT2D eigenvalue weighted by Crippen LogP contribution is -2.44. The second kappa shape index (κ2) is 11.1. The Balaban J connectivity index is 1.74. The molecule has 1 amide bonds. The largest absolute Gasteiger partial charge is 0.496 e. The maximum atomic E-state index is 14.4. The van der Waals surface area contributed by atoms with Crippen molar-refractivity contribution in [3.63, 3.8) is 0 Å². The topological polar surface area (TPSA) is 119 Å². The Bertz CT molecular complexity index is 1630. The first-order valence-electron chi connectivity index (χ1n) is 12.4. The van der Waals surface area contributed by atoms with E-state index in [1.54, 1.807) is 30.1 Å². The molecule has 1 aromatic carbocycles. The van der Waals surface area contributed by atoms with E-state index in [9.17, 15) is 18.8 Å². The molecule has 13 heteroatoms. The molecule has 4 heterocycles. The first-order chi connectivity index (χ1) is 18.8. The number of hydrogen-bond acceptors (Lipinski definition) is 8. The number of amides is 1. The van der Waals surface area contributed by atoms with E-state index in [2.05, 4.69) is 10.4 Å². The van der Waals surface area contributed by atoms with Crippen LogP contribution >= 0.6 is 11.3 Å². The van der Waals surface area contributed by atoms with Gasteiger partial charge in [0.25, 0.3) is 5.56 Å². The maximum absolute atomic E-state index is 14.4. The minimum Gasteiger partial charge on any atom is -0.496 e. The van der Waals surface area contributed by atoms with Crippen molar-refractivity contribution in [3.8, 4) is 10.8 Å². The molecule has 11 nitrogen and oxygen atoms in total. The van der Waals surface area contributed by atoms with Gasteiger partial charge in [-0.25, -0.2) is 18.4 Å². The van der Waals surface area contributed by atoms with Crippen LogP contribution in [-0.2, 0) is 20.8 Å². The van der Waals surface area contributed by atoms with Crippen molar-refractivity contribution in [3.05, 3.63) is 74.4 Å². The van der Waals surface area contributed by atoms with E-state index in [0.29, 0.717) is 45.1 Å². The second-order valence-electron chi connectivity index (χ2n) is 9.07. The van der Waals surface area contributed by atoms with Gasteiger partial charge >= 0.3 is 5.69 Å². The van der Waals surface area contributed by atoms with Crippen LogP contribution in [0, 0.1) is 12.7 Å². The number of aryl methyl sites for hydroxylation is 1. The summed E-state index contributed by atoms with van der Waals surface area (Å²) in [5.41, 5.74) is -0.172. The molecule has 0 spiro atoms. The number of halogens is 1. The molecule has 5 rings (SSSR count). The third-order valence-corrected chi connectivity index (χ3v) is 8.06. The molecule has 3 aromatic heterocycles. The maximum Gasteiger partial charge on any atom is 0.332 e. The number of nitrogens with zero attached hydrogens (tertiary/aromatic N) is 4. The van der Waals surface area contributed by atoms with Gasteiger partial charge in [-0.2, -0.15) is 5.10 Å². The standard InChI is InChI=1S/C26H28FN5O6S/c1-15-21-23(34)32(18-7-9-28-22(18)33)26(35)30(25(21)39-24(15)31-10-4-8-29-31)14-20(38-12-11-36-2)17-13-16(27)5-6-19(17)37-3/h4-6,8,10,13,18,20H,7,9,11-12,14H2,1-3H3,(H,28,33)/t18-,20?/m0/s1. The summed E-state index contributed by atoms with van der Waals surface area (Å²) in [6.07, 6.45) is 2.83. The predicted molar refractivity (Wildman–Crippen MR) is 142 cm³/mol. The molecule has 4 aromatic rings. The van der Waals surface area contributed by atoms with Crippen molar-refractivity contribution in [2.45, 2.75) is 32.0 Å². The number of fused-ring (bicyclic) bond motifs is 1. The van der Waals surface area contributed by atoms with E-state index in [-0.39, 0.29) is 25.7 Å². The quantitative estimate of drug-likeness (QED) is 0.297. The number of hydrogen-bond donors (Lipinski definition) is 1. The minimum atomic E-state index is -0.940. The van der Waals surface area contributed by atoms with Gasteiger partial charge in [-0.1, -0.05) is 11.3 Å². The summed E-state index contributed by atoms with van der Waals surface area (Å²) in [5.74, 6) is -0.504. The molecule has 206 valence electrons. The Morgan fingerprint density at radius 1 is 1.23 bits per heavy atom. The molecule has 0 aliphatic carbocycles. The monoisotopic (exact) mass is 557 g/mol. The van der Waals surface area contributed by atoms with Crippen LogP contribution in [-0.4, -0.2) is 58.8 Å². The van der Waals surface area contributed by atoms with E-state index in [4.69, 9.17) is 14.2 Å². The summed E-state index contributed by atoms with van der Waals surface area (Å²) < 4.78 is 35.1. The van der Waals surface area contributed by atoms with Gasteiger partial charge < -0.3 is 19.5 Å². The Morgan fingerprint density at radius 3 is 2.72 bits per heavy atom. The van der Waals surface area contributed by atoms with Gasteiger partial charge in [0.15, 0.2) is 0 Å². The highest BCUT2D eigenvalue weighted by Gasteiger charge is 2.32. The number of carbonyl (C=O) groups excluding carboxylic acids is 1. The molecule has 1 saturated heterocycles. The zero-order chi connectivity index (χ0) is 27.7. The van der Waals surface area contributed by atoms with Crippen molar-refractivity contribution in [2.75, 3.05) is 34.0 Å². The van der Waals surface area contributed by atoms with E-state index in [1.165, 1.54) is 48.3 Å². The molecule has 1 fully saturated rings. The first kappa shape index (κ1) is 26.8. The third-order valence-electron chi connectivity index (χ3n) is 6.76. The highest BCUT2D eigenvalue weighted by atomic mass is 32.1. The summed E-state index contributed by atoms with van der Waals surface area (Å²) in [7, 11) is 2.99. The molecule has 1 unspecified atom stereocenters. The summed E-state index contributed by atoms with van der Waals surface area (Å²) in [6, 6.07) is 4.88. The number of nitrogens with one attached hydrogen (secondary N) is 1. The number of benzene rings is 1. The highest BCUT2D eigenvalue weighted by Crippen LogP contribution is 2.34. The Morgan fingerprint density at radius 2 is 2.05 bits per heavy atom.